The van der Waals surface area contributed by atoms with Gasteiger partial charge < -0.3 is 9.73 Å². The quantitative estimate of drug-likeness (QED) is 0.864. The third-order valence-electron chi connectivity index (χ3n) is 4.11. The maximum absolute atomic E-state index is 5.23. The molecule has 0 amide bonds. The van der Waals surface area contributed by atoms with Gasteiger partial charge in [0, 0.05) is 5.56 Å². The van der Waals surface area contributed by atoms with E-state index >= 15 is 0 Å². The lowest BCUT2D eigenvalue weighted by molar-refractivity contribution is 0.419. The zero-order chi connectivity index (χ0) is 13.1. The summed E-state index contributed by atoms with van der Waals surface area (Å²) >= 11 is 0. The Morgan fingerprint density at radius 2 is 2.16 bits per heavy atom. The number of hydrogen-bond acceptors (Lipinski definition) is 2. The molecule has 1 heterocycles. The van der Waals surface area contributed by atoms with Crippen LogP contribution in [-0.4, -0.2) is 6.54 Å². The third kappa shape index (κ3) is 2.59. The summed E-state index contributed by atoms with van der Waals surface area (Å²) in [5, 5.41) is 3.54. The molecule has 100 valence electrons. The SMILES string of the molecule is CCNC(c1ccoc1)c1cccc(C2CCC2)c1. The highest BCUT2D eigenvalue weighted by atomic mass is 16.3. The largest absolute Gasteiger partial charge is 0.472 e. The molecule has 2 aromatic rings. The van der Waals surface area contributed by atoms with Crippen LogP contribution in [0.25, 0.3) is 0 Å². The van der Waals surface area contributed by atoms with Gasteiger partial charge in [-0.3, -0.25) is 0 Å². The first-order valence-electron chi connectivity index (χ1n) is 7.24. The molecule has 2 nitrogen and oxygen atoms in total. The van der Waals surface area contributed by atoms with Crippen LogP contribution in [0.5, 0.6) is 0 Å². The standard InChI is InChI=1S/C17H21NO/c1-2-18-17(16-9-10-19-12-16)15-8-4-7-14(11-15)13-5-3-6-13/h4,7-13,17-18H,2-3,5-6H2,1H3. The Labute approximate surface area is 114 Å². The molecular weight excluding hydrogens is 234 g/mol. The zero-order valence-electron chi connectivity index (χ0n) is 11.4. The highest BCUT2D eigenvalue weighted by Gasteiger charge is 2.21. The van der Waals surface area contributed by atoms with Crippen molar-refractivity contribution in [3.63, 3.8) is 0 Å². The zero-order valence-corrected chi connectivity index (χ0v) is 11.4. The van der Waals surface area contributed by atoms with Crippen molar-refractivity contribution in [1.29, 1.82) is 0 Å². The molecule has 1 aromatic carbocycles. The number of benzene rings is 1. The fourth-order valence-corrected chi connectivity index (χ4v) is 2.81. The van der Waals surface area contributed by atoms with Crippen LogP contribution in [0.2, 0.25) is 0 Å². The van der Waals surface area contributed by atoms with Crippen molar-refractivity contribution >= 4 is 0 Å². The highest BCUT2D eigenvalue weighted by Crippen LogP contribution is 2.37. The second-order valence-electron chi connectivity index (χ2n) is 5.35. The third-order valence-corrected chi connectivity index (χ3v) is 4.11. The molecule has 1 N–H and O–H groups in total. The Morgan fingerprint density at radius 1 is 1.26 bits per heavy atom. The number of rotatable bonds is 5. The molecule has 0 radical (unpaired) electrons. The normalized spacial score (nSPS) is 17.1. The molecule has 3 rings (SSSR count). The molecule has 1 unspecified atom stereocenters. The van der Waals surface area contributed by atoms with Crippen molar-refractivity contribution in [3.8, 4) is 0 Å². The highest BCUT2D eigenvalue weighted by molar-refractivity contribution is 5.34. The summed E-state index contributed by atoms with van der Waals surface area (Å²) in [4.78, 5) is 0. The van der Waals surface area contributed by atoms with E-state index < -0.39 is 0 Å². The van der Waals surface area contributed by atoms with E-state index in [0.29, 0.717) is 0 Å². The van der Waals surface area contributed by atoms with Gasteiger partial charge in [-0.05, 0) is 42.5 Å². The molecule has 1 aromatic heterocycles. The number of hydrogen-bond donors (Lipinski definition) is 1. The van der Waals surface area contributed by atoms with Gasteiger partial charge in [-0.15, -0.1) is 0 Å². The van der Waals surface area contributed by atoms with Gasteiger partial charge in [0.2, 0.25) is 0 Å². The smallest absolute Gasteiger partial charge is 0.0953 e. The van der Waals surface area contributed by atoms with E-state index in [2.05, 4.69) is 36.5 Å². The minimum Gasteiger partial charge on any atom is -0.472 e. The van der Waals surface area contributed by atoms with E-state index in [-0.39, 0.29) is 6.04 Å². The minimum absolute atomic E-state index is 0.240. The van der Waals surface area contributed by atoms with Crippen molar-refractivity contribution in [2.75, 3.05) is 6.54 Å². The monoisotopic (exact) mass is 255 g/mol. The molecule has 1 fully saturated rings. The van der Waals surface area contributed by atoms with Crippen LogP contribution in [0.15, 0.2) is 47.3 Å². The van der Waals surface area contributed by atoms with Gasteiger partial charge in [-0.25, -0.2) is 0 Å². The second-order valence-corrected chi connectivity index (χ2v) is 5.35. The van der Waals surface area contributed by atoms with Crippen LogP contribution >= 0.6 is 0 Å². The molecule has 0 bridgehead atoms. The Bertz CT molecular complexity index is 514. The van der Waals surface area contributed by atoms with Crippen LogP contribution in [-0.2, 0) is 0 Å². The summed E-state index contributed by atoms with van der Waals surface area (Å²) in [7, 11) is 0. The van der Waals surface area contributed by atoms with E-state index in [4.69, 9.17) is 4.42 Å². The minimum atomic E-state index is 0.240. The summed E-state index contributed by atoms with van der Waals surface area (Å²) < 4.78 is 5.23. The maximum atomic E-state index is 5.23. The van der Waals surface area contributed by atoms with Crippen molar-refractivity contribution < 1.29 is 4.42 Å². The molecule has 2 heteroatoms. The predicted molar refractivity (Wildman–Crippen MR) is 77.3 cm³/mol. The molecule has 1 saturated carbocycles. The van der Waals surface area contributed by atoms with Crippen LogP contribution in [0, 0.1) is 0 Å². The van der Waals surface area contributed by atoms with Gasteiger partial charge in [0.15, 0.2) is 0 Å². The summed E-state index contributed by atoms with van der Waals surface area (Å²) in [5.41, 5.74) is 4.04. The van der Waals surface area contributed by atoms with Crippen molar-refractivity contribution in [2.24, 2.45) is 0 Å². The first-order valence-corrected chi connectivity index (χ1v) is 7.24. The van der Waals surface area contributed by atoms with Gasteiger partial charge in [-0.1, -0.05) is 37.6 Å². The Morgan fingerprint density at radius 3 is 2.79 bits per heavy atom. The fraction of sp³-hybridized carbons (Fsp3) is 0.412. The summed E-state index contributed by atoms with van der Waals surface area (Å²) in [5.74, 6) is 0.784. The van der Waals surface area contributed by atoms with Crippen molar-refractivity contribution in [3.05, 3.63) is 59.5 Å². The van der Waals surface area contributed by atoms with Crippen LogP contribution < -0.4 is 5.32 Å². The van der Waals surface area contributed by atoms with Gasteiger partial charge in [0.25, 0.3) is 0 Å². The Balaban J connectivity index is 1.89. The molecule has 0 saturated heterocycles. The molecule has 1 aliphatic rings. The first kappa shape index (κ1) is 12.5. The van der Waals surface area contributed by atoms with Gasteiger partial charge in [-0.2, -0.15) is 0 Å². The average molecular weight is 255 g/mol. The number of nitrogens with one attached hydrogen (secondary N) is 1. The fourth-order valence-electron chi connectivity index (χ4n) is 2.81. The van der Waals surface area contributed by atoms with Gasteiger partial charge in [0.05, 0.1) is 18.6 Å². The lowest BCUT2D eigenvalue weighted by Crippen LogP contribution is -2.22. The van der Waals surface area contributed by atoms with Crippen LogP contribution in [0.4, 0.5) is 0 Å². The lowest BCUT2D eigenvalue weighted by Gasteiger charge is -2.27. The van der Waals surface area contributed by atoms with Crippen molar-refractivity contribution in [1.82, 2.24) is 5.32 Å². The Hall–Kier alpha value is -1.54. The van der Waals surface area contributed by atoms with E-state index in [1.165, 1.54) is 36.0 Å². The van der Waals surface area contributed by atoms with Gasteiger partial charge in [0.1, 0.15) is 0 Å². The van der Waals surface area contributed by atoms with E-state index in [1.54, 1.807) is 6.26 Å². The summed E-state index contributed by atoms with van der Waals surface area (Å²) in [6.45, 7) is 3.09. The van der Waals surface area contributed by atoms with Crippen LogP contribution in [0.1, 0.15) is 54.8 Å². The van der Waals surface area contributed by atoms with E-state index in [0.717, 1.165) is 12.5 Å². The van der Waals surface area contributed by atoms with Crippen molar-refractivity contribution in [2.45, 2.75) is 38.1 Å². The molecule has 1 aliphatic carbocycles. The summed E-state index contributed by atoms with van der Waals surface area (Å²) in [6.07, 6.45) is 7.66. The average Bonchev–Trinajstić information content (AvgIpc) is 2.88. The first-order chi connectivity index (χ1) is 9.38. The molecule has 0 spiro atoms. The Kier molecular flexibility index (Phi) is 3.69. The molecule has 1 atom stereocenters. The van der Waals surface area contributed by atoms with Gasteiger partial charge >= 0.3 is 0 Å². The number of furan rings is 1. The molecule has 0 aliphatic heterocycles. The maximum Gasteiger partial charge on any atom is 0.0953 e. The predicted octanol–water partition coefficient (Wildman–Crippen LogP) is 4.25. The lowest BCUT2D eigenvalue weighted by atomic mass is 9.79. The second kappa shape index (κ2) is 5.62. The molecule has 19 heavy (non-hydrogen) atoms. The van der Waals surface area contributed by atoms with E-state index in [1.807, 2.05) is 12.3 Å². The van der Waals surface area contributed by atoms with E-state index in [9.17, 15) is 0 Å². The van der Waals surface area contributed by atoms with Crippen LogP contribution in [0.3, 0.4) is 0 Å². The summed E-state index contributed by atoms with van der Waals surface area (Å²) in [6, 6.07) is 11.3. The topological polar surface area (TPSA) is 25.2 Å². The molecular formula is C17H21NO.